The molecule has 0 aliphatic carbocycles. The Bertz CT molecular complexity index is 1360. The quantitative estimate of drug-likeness (QED) is 0.395. The van der Waals surface area contributed by atoms with Crippen LogP contribution >= 0.6 is 0 Å². The van der Waals surface area contributed by atoms with Crippen LogP contribution in [0.2, 0.25) is 0 Å². The zero-order valence-corrected chi connectivity index (χ0v) is 18.8. The number of hydrogen-bond donors (Lipinski definition) is 1. The summed E-state index contributed by atoms with van der Waals surface area (Å²) in [5, 5.41) is 3.57. The highest BCUT2D eigenvalue weighted by molar-refractivity contribution is 5.91. The number of aromatic nitrogens is 6. The second-order valence-corrected chi connectivity index (χ2v) is 8.07. The fourth-order valence-corrected chi connectivity index (χ4v) is 3.81. The number of alkyl halides is 4. The summed E-state index contributed by atoms with van der Waals surface area (Å²) < 4.78 is 57.6. The molecule has 1 N–H and O–H groups in total. The number of nitrogens with one attached hydrogen (secondary N) is 1. The minimum atomic E-state index is -4.53. The van der Waals surface area contributed by atoms with Gasteiger partial charge in [-0.05, 0) is 18.2 Å². The molecule has 9 nitrogen and oxygen atoms in total. The maximum absolute atomic E-state index is 13.5. The SMILES string of the molecule is FCc1cncnc1-c1ccc2c(Nc3ncc(C(F)(F)F)cn3)cc(CN3CCOCC3)nc2n1. The number of nitrogens with zero attached hydrogens (tertiary/aromatic N) is 7. The van der Waals surface area contributed by atoms with Crippen molar-refractivity contribution < 1.29 is 22.3 Å². The third-order valence-corrected chi connectivity index (χ3v) is 5.62. The third kappa shape index (κ3) is 5.21. The zero-order valence-electron chi connectivity index (χ0n) is 18.8. The van der Waals surface area contributed by atoms with Crippen molar-refractivity contribution in [1.82, 2.24) is 34.8 Å². The molecule has 0 saturated carbocycles. The monoisotopic (exact) mass is 500 g/mol. The Morgan fingerprint density at radius 3 is 2.50 bits per heavy atom. The van der Waals surface area contributed by atoms with E-state index in [4.69, 9.17) is 9.72 Å². The first-order valence-corrected chi connectivity index (χ1v) is 11.0. The number of rotatable bonds is 6. The van der Waals surface area contributed by atoms with Crippen molar-refractivity contribution in [2.75, 3.05) is 31.6 Å². The molecule has 0 amide bonds. The lowest BCUT2D eigenvalue weighted by Gasteiger charge is -2.26. The first-order chi connectivity index (χ1) is 17.4. The normalized spacial score (nSPS) is 14.8. The maximum Gasteiger partial charge on any atom is 0.419 e. The molecule has 0 aromatic carbocycles. The first kappa shape index (κ1) is 23.9. The van der Waals surface area contributed by atoms with Crippen LogP contribution in [-0.2, 0) is 24.1 Å². The van der Waals surface area contributed by atoms with E-state index in [0.717, 1.165) is 25.5 Å². The van der Waals surface area contributed by atoms with E-state index in [0.29, 0.717) is 59.1 Å². The Kier molecular flexibility index (Phi) is 6.65. The lowest BCUT2D eigenvalue weighted by Crippen LogP contribution is -2.35. The molecule has 0 bridgehead atoms. The Labute approximate surface area is 202 Å². The molecule has 36 heavy (non-hydrogen) atoms. The fourth-order valence-electron chi connectivity index (χ4n) is 3.81. The summed E-state index contributed by atoms with van der Waals surface area (Å²) >= 11 is 0. The minimum absolute atomic E-state index is 0.00702. The summed E-state index contributed by atoms with van der Waals surface area (Å²) in [5.74, 6) is -0.00702. The lowest BCUT2D eigenvalue weighted by atomic mass is 10.1. The van der Waals surface area contributed by atoms with E-state index in [9.17, 15) is 17.6 Å². The fraction of sp³-hybridized carbons (Fsp3) is 0.304. The number of fused-ring (bicyclic) bond motifs is 1. The molecule has 1 aliphatic rings. The van der Waals surface area contributed by atoms with Crippen molar-refractivity contribution in [1.29, 1.82) is 0 Å². The molecule has 0 spiro atoms. The van der Waals surface area contributed by atoms with Crippen LogP contribution in [-0.4, -0.2) is 61.1 Å². The minimum Gasteiger partial charge on any atom is -0.379 e. The van der Waals surface area contributed by atoms with Gasteiger partial charge in [0.2, 0.25) is 5.95 Å². The molecule has 4 aromatic rings. The van der Waals surface area contributed by atoms with Gasteiger partial charge in [-0.15, -0.1) is 0 Å². The molecule has 0 unspecified atom stereocenters. The molecule has 13 heteroatoms. The third-order valence-electron chi connectivity index (χ3n) is 5.62. The highest BCUT2D eigenvalue weighted by Crippen LogP contribution is 2.30. The summed E-state index contributed by atoms with van der Waals surface area (Å²) in [6.07, 6.45) is -0.384. The van der Waals surface area contributed by atoms with Crippen LogP contribution in [0, 0.1) is 0 Å². The smallest absolute Gasteiger partial charge is 0.379 e. The van der Waals surface area contributed by atoms with Gasteiger partial charge in [0.25, 0.3) is 0 Å². The molecular formula is C23H20F4N8O. The molecule has 186 valence electrons. The van der Waals surface area contributed by atoms with Gasteiger partial charge >= 0.3 is 6.18 Å². The van der Waals surface area contributed by atoms with E-state index in [1.165, 1.54) is 12.5 Å². The van der Waals surface area contributed by atoms with E-state index < -0.39 is 18.4 Å². The van der Waals surface area contributed by atoms with E-state index >= 15 is 0 Å². The summed E-state index contributed by atoms with van der Waals surface area (Å²) in [4.78, 5) is 27.1. The van der Waals surface area contributed by atoms with E-state index in [2.05, 4.69) is 35.1 Å². The highest BCUT2D eigenvalue weighted by Gasteiger charge is 2.31. The standard InChI is InChI=1S/C23H20F4N8O/c24-8-14-9-28-13-31-20(14)18-2-1-17-19(34-22-29-10-15(11-30-22)23(25,26)27)7-16(32-21(17)33-18)12-35-3-5-36-6-4-35/h1-2,7,9-11,13H,3-6,8,12H2,(H,29,30,32,33,34). The molecule has 1 fully saturated rings. The van der Waals surface area contributed by atoms with Crippen molar-refractivity contribution in [3.8, 4) is 11.4 Å². The molecular weight excluding hydrogens is 480 g/mol. The zero-order chi connectivity index (χ0) is 25.1. The largest absolute Gasteiger partial charge is 0.419 e. The van der Waals surface area contributed by atoms with Gasteiger partial charge in [0.15, 0.2) is 5.65 Å². The number of anilines is 2. The summed E-state index contributed by atoms with van der Waals surface area (Å²) in [5.41, 5.74) is 1.69. The predicted molar refractivity (Wildman–Crippen MR) is 122 cm³/mol. The van der Waals surface area contributed by atoms with E-state index in [1.807, 2.05) is 0 Å². The summed E-state index contributed by atoms with van der Waals surface area (Å²) in [6, 6.07) is 5.20. The van der Waals surface area contributed by atoms with Crippen LogP contribution in [0.3, 0.4) is 0 Å². The molecule has 5 rings (SSSR count). The average molecular weight is 500 g/mol. The van der Waals surface area contributed by atoms with Crippen molar-refractivity contribution in [3.63, 3.8) is 0 Å². The average Bonchev–Trinajstić information content (AvgIpc) is 2.89. The second-order valence-electron chi connectivity index (χ2n) is 8.07. The van der Waals surface area contributed by atoms with Gasteiger partial charge in [0.05, 0.1) is 41.5 Å². The number of hydrogen-bond acceptors (Lipinski definition) is 9. The Balaban J connectivity index is 1.55. The molecule has 5 heterocycles. The van der Waals surface area contributed by atoms with Crippen LogP contribution in [0.4, 0.5) is 29.2 Å². The van der Waals surface area contributed by atoms with Crippen LogP contribution in [0.25, 0.3) is 22.4 Å². The molecule has 1 saturated heterocycles. The summed E-state index contributed by atoms with van der Waals surface area (Å²) in [7, 11) is 0. The molecule has 1 aliphatic heterocycles. The van der Waals surface area contributed by atoms with Crippen LogP contribution in [0.15, 0.2) is 43.1 Å². The van der Waals surface area contributed by atoms with Crippen LogP contribution < -0.4 is 5.32 Å². The van der Waals surface area contributed by atoms with Gasteiger partial charge in [-0.1, -0.05) is 0 Å². The number of morpholine rings is 1. The van der Waals surface area contributed by atoms with Crippen molar-refractivity contribution in [2.45, 2.75) is 19.4 Å². The van der Waals surface area contributed by atoms with Gasteiger partial charge in [0, 0.05) is 49.2 Å². The van der Waals surface area contributed by atoms with Crippen LogP contribution in [0.5, 0.6) is 0 Å². The van der Waals surface area contributed by atoms with Gasteiger partial charge in [-0.3, -0.25) is 4.90 Å². The van der Waals surface area contributed by atoms with Gasteiger partial charge in [-0.2, -0.15) is 13.2 Å². The Morgan fingerprint density at radius 1 is 1.00 bits per heavy atom. The second kappa shape index (κ2) is 10.0. The first-order valence-electron chi connectivity index (χ1n) is 11.0. The topological polar surface area (TPSA) is 102 Å². The maximum atomic E-state index is 13.5. The molecule has 0 atom stereocenters. The van der Waals surface area contributed by atoms with Crippen molar-refractivity contribution in [2.24, 2.45) is 0 Å². The van der Waals surface area contributed by atoms with Gasteiger partial charge in [-0.25, -0.2) is 34.3 Å². The number of halogens is 4. The van der Waals surface area contributed by atoms with E-state index in [-0.39, 0.29) is 5.95 Å². The van der Waals surface area contributed by atoms with Crippen LogP contribution in [0.1, 0.15) is 16.8 Å². The van der Waals surface area contributed by atoms with Crippen molar-refractivity contribution >= 4 is 22.7 Å². The Hall–Kier alpha value is -3.84. The molecule has 0 radical (unpaired) electrons. The predicted octanol–water partition coefficient (Wildman–Crippen LogP) is 3.94. The Morgan fingerprint density at radius 2 is 1.78 bits per heavy atom. The number of pyridine rings is 2. The summed E-state index contributed by atoms with van der Waals surface area (Å²) in [6.45, 7) is 2.45. The molecule has 4 aromatic heterocycles. The van der Waals surface area contributed by atoms with E-state index in [1.54, 1.807) is 18.2 Å². The lowest BCUT2D eigenvalue weighted by molar-refractivity contribution is -0.138. The van der Waals surface area contributed by atoms with Gasteiger partial charge in [0.1, 0.15) is 13.0 Å². The van der Waals surface area contributed by atoms with Gasteiger partial charge < -0.3 is 10.1 Å². The van der Waals surface area contributed by atoms with Crippen molar-refractivity contribution in [3.05, 3.63) is 59.9 Å². The highest BCUT2D eigenvalue weighted by atomic mass is 19.4. The number of ether oxygens (including phenoxy) is 1.